The fraction of sp³-hybridized carbons (Fsp3) is 0.182. The molecular formula is C11H11ClN2S. The quantitative estimate of drug-likeness (QED) is 0.882. The van der Waals surface area contributed by atoms with Crippen molar-refractivity contribution in [2.45, 2.75) is 13.5 Å². The van der Waals surface area contributed by atoms with Crippen LogP contribution in [-0.4, -0.2) is 4.98 Å². The Labute approximate surface area is 97.9 Å². The van der Waals surface area contributed by atoms with Gasteiger partial charge in [0.2, 0.25) is 0 Å². The predicted octanol–water partition coefficient (Wildman–Crippen LogP) is 3.72. The van der Waals surface area contributed by atoms with Crippen LogP contribution in [0.25, 0.3) is 0 Å². The smallest absolute Gasteiger partial charge is 0.0718 e. The maximum atomic E-state index is 6.01. The third kappa shape index (κ3) is 2.49. The van der Waals surface area contributed by atoms with Crippen LogP contribution in [0.2, 0.25) is 5.02 Å². The molecule has 1 N–H and O–H groups in total. The highest BCUT2D eigenvalue weighted by Crippen LogP contribution is 2.22. The largest absolute Gasteiger partial charge is 0.378 e. The molecule has 0 unspecified atom stereocenters. The zero-order chi connectivity index (χ0) is 10.7. The summed E-state index contributed by atoms with van der Waals surface area (Å²) in [5.74, 6) is 0. The van der Waals surface area contributed by atoms with Gasteiger partial charge in [-0.15, -0.1) is 11.3 Å². The standard InChI is InChI=1S/C11H11ClN2S/c1-8-3-5-15-11(8)7-14-10-6-13-4-2-9(10)12/h2-6,14H,7H2,1H3. The lowest BCUT2D eigenvalue weighted by molar-refractivity contribution is 1.15. The lowest BCUT2D eigenvalue weighted by Gasteiger charge is -2.06. The van der Waals surface area contributed by atoms with Gasteiger partial charge in [0, 0.05) is 17.6 Å². The Kier molecular flexibility index (Phi) is 3.23. The minimum Gasteiger partial charge on any atom is -0.378 e. The number of nitrogens with zero attached hydrogens (tertiary/aromatic N) is 1. The van der Waals surface area contributed by atoms with E-state index in [0.29, 0.717) is 5.02 Å². The molecule has 0 aliphatic heterocycles. The zero-order valence-corrected chi connectivity index (χ0v) is 9.90. The van der Waals surface area contributed by atoms with Crippen LogP contribution in [0.3, 0.4) is 0 Å². The van der Waals surface area contributed by atoms with Crippen molar-refractivity contribution in [2.24, 2.45) is 0 Å². The van der Waals surface area contributed by atoms with Crippen molar-refractivity contribution in [1.82, 2.24) is 4.98 Å². The van der Waals surface area contributed by atoms with Gasteiger partial charge in [0.15, 0.2) is 0 Å². The van der Waals surface area contributed by atoms with Gasteiger partial charge < -0.3 is 5.32 Å². The van der Waals surface area contributed by atoms with Gasteiger partial charge in [0.05, 0.1) is 16.9 Å². The van der Waals surface area contributed by atoms with E-state index >= 15 is 0 Å². The second kappa shape index (κ2) is 4.64. The van der Waals surface area contributed by atoms with Crippen molar-refractivity contribution in [2.75, 3.05) is 5.32 Å². The number of thiophene rings is 1. The molecule has 15 heavy (non-hydrogen) atoms. The second-order valence-corrected chi connectivity index (χ2v) is 4.64. The number of hydrogen-bond acceptors (Lipinski definition) is 3. The molecule has 0 atom stereocenters. The van der Waals surface area contributed by atoms with Crippen LogP contribution in [0.5, 0.6) is 0 Å². The van der Waals surface area contributed by atoms with Gasteiger partial charge in [-0.2, -0.15) is 0 Å². The number of aromatic nitrogens is 1. The first-order valence-corrected chi connectivity index (χ1v) is 5.89. The third-order valence-electron chi connectivity index (χ3n) is 2.18. The van der Waals surface area contributed by atoms with Crippen LogP contribution in [-0.2, 0) is 6.54 Å². The molecule has 0 aromatic carbocycles. The maximum absolute atomic E-state index is 6.01. The summed E-state index contributed by atoms with van der Waals surface area (Å²) in [4.78, 5) is 5.35. The van der Waals surface area contributed by atoms with E-state index < -0.39 is 0 Å². The Hall–Kier alpha value is -1.06. The second-order valence-electron chi connectivity index (χ2n) is 3.24. The summed E-state index contributed by atoms with van der Waals surface area (Å²) in [5.41, 5.74) is 2.19. The maximum Gasteiger partial charge on any atom is 0.0718 e. The van der Waals surface area contributed by atoms with Gasteiger partial charge in [-0.25, -0.2) is 0 Å². The van der Waals surface area contributed by atoms with Crippen molar-refractivity contribution >= 4 is 28.6 Å². The SMILES string of the molecule is Cc1ccsc1CNc1cnccc1Cl. The van der Waals surface area contributed by atoms with Crippen LogP contribution < -0.4 is 5.32 Å². The first-order chi connectivity index (χ1) is 7.27. The van der Waals surface area contributed by atoms with E-state index in [2.05, 4.69) is 28.7 Å². The lowest BCUT2D eigenvalue weighted by Crippen LogP contribution is -1.99. The monoisotopic (exact) mass is 238 g/mol. The van der Waals surface area contributed by atoms with E-state index in [0.717, 1.165) is 12.2 Å². The Morgan fingerprint density at radius 1 is 1.47 bits per heavy atom. The normalized spacial score (nSPS) is 10.3. The van der Waals surface area contributed by atoms with Crippen molar-refractivity contribution in [3.8, 4) is 0 Å². The van der Waals surface area contributed by atoms with Crippen LogP contribution >= 0.6 is 22.9 Å². The Balaban J connectivity index is 2.06. The fourth-order valence-corrected chi connectivity index (χ4v) is 2.29. The van der Waals surface area contributed by atoms with E-state index in [1.807, 2.05) is 0 Å². The van der Waals surface area contributed by atoms with E-state index in [4.69, 9.17) is 11.6 Å². The number of rotatable bonds is 3. The minimum absolute atomic E-state index is 0.708. The highest BCUT2D eigenvalue weighted by Gasteiger charge is 2.01. The summed E-state index contributed by atoms with van der Waals surface area (Å²) in [5, 5.41) is 6.07. The molecule has 0 fully saturated rings. The molecule has 0 bridgehead atoms. The van der Waals surface area contributed by atoms with Gasteiger partial charge >= 0.3 is 0 Å². The van der Waals surface area contributed by atoms with E-state index in [9.17, 15) is 0 Å². The number of hydrogen-bond donors (Lipinski definition) is 1. The van der Waals surface area contributed by atoms with Crippen LogP contribution in [0.15, 0.2) is 29.9 Å². The van der Waals surface area contributed by atoms with Crippen LogP contribution in [0.1, 0.15) is 10.4 Å². The first-order valence-electron chi connectivity index (χ1n) is 4.64. The molecule has 2 nitrogen and oxygen atoms in total. The van der Waals surface area contributed by atoms with Crippen LogP contribution in [0.4, 0.5) is 5.69 Å². The van der Waals surface area contributed by atoms with E-state index in [1.165, 1.54) is 10.4 Å². The number of aryl methyl sites for hydroxylation is 1. The highest BCUT2D eigenvalue weighted by atomic mass is 35.5. The molecular weight excluding hydrogens is 228 g/mol. The Bertz CT molecular complexity index is 453. The number of halogens is 1. The van der Waals surface area contributed by atoms with Gasteiger partial charge in [-0.3, -0.25) is 4.98 Å². The lowest BCUT2D eigenvalue weighted by atomic mass is 10.3. The summed E-state index contributed by atoms with van der Waals surface area (Å²) in [7, 11) is 0. The number of anilines is 1. The molecule has 0 amide bonds. The van der Waals surface area contributed by atoms with E-state index in [1.54, 1.807) is 29.8 Å². The summed E-state index contributed by atoms with van der Waals surface area (Å²) in [6.45, 7) is 2.91. The molecule has 2 aromatic rings. The summed E-state index contributed by atoms with van der Waals surface area (Å²) < 4.78 is 0. The van der Waals surface area contributed by atoms with Gasteiger partial charge in [0.25, 0.3) is 0 Å². The van der Waals surface area contributed by atoms with Gasteiger partial charge in [-0.05, 0) is 30.0 Å². The topological polar surface area (TPSA) is 24.9 Å². The minimum atomic E-state index is 0.708. The molecule has 0 saturated carbocycles. The molecule has 78 valence electrons. The predicted molar refractivity (Wildman–Crippen MR) is 65.6 cm³/mol. The van der Waals surface area contributed by atoms with Crippen molar-refractivity contribution in [3.05, 3.63) is 45.4 Å². The van der Waals surface area contributed by atoms with Crippen molar-refractivity contribution < 1.29 is 0 Å². The first kappa shape index (κ1) is 10.5. The molecule has 2 rings (SSSR count). The molecule has 4 heteroatoms. The molecule has 2 aromatic heterocycles. The molecule has 0 spiro atoms. The number of nitrogens with one attached hydrogen (secondary N) is 1. The molecule has 0 aliphatic rings. The summed E-state index contributed by atoms with van der Waals surface area (Å²) in [6.07, 6.45) is 3.43. The fourth-order valence-electron chi connectivity index (χ4n) is 1.27. The average molecular weight is 239 g/mol. The van der Waals surface area contributed by atoms with Gasteiger partial charge in [-0.1, -0.05) is 11.6 Å². The number of pyridine rings is 1. The molecule has 0 aliphatic carbocycles. The van der Waals surface area contributed by atoms with Crippen molar-refractivity contribution in [1.29, 1.82) is 0 Å². The van der Waals surface area contributed by atoms with E-state index in [-0.39, 0.29) is 0 Å². The molecule has 0 saturated heterocycles. The van der Waals surface area contributed by atoms with Gasteiger partial charge in [0.1, 0.15) is 0 Å². The molecule has 2 heterocycles. The molecule has 0 radical (unpaired) electrons. The summed E-state index contributed by atoms with van der Waals surface area (Å²) in [6, 6.07) is 3.90. The average Bonchev–Trinajstić information content (AvgIpc) is 2.63. The summed E-state index contributed by atoms with van der Waals surface area (Å²) >= 11 is 7.75. The third-order valence-corrected chi connectivity index (χ3v) is 3.53. The Morgan fingerprint density at radius 2 is 2.33 bits per heavy atom. The highest BCUT2D eigenvalue weighted by molar-refractivity contribution is 7.10. The zero-order valence-electron chi connectivity index (χ0n) is 8.33. The Morgan fingerprint density at radius 3 is 3.00 bits per heavy atom. The van der Waals surface area contributed by atoms with Crippen molar-refractivity contribution in [3.63, 3.8) is 0 Å². The van der Waals surface area contributed by atoms with Crippen LogP contribution in [0, 0.1) is 6.92 Å².